The maximum Gasteiger partial charge on any atom is 0.783 e. The van der Waals surface area contributed by atoms with Crippen molar-refractivity contribution in [3.63, 3.8) is 0 Å². The third-order valence-corrected chi connectivity index (χ3v) is 2.41. The first-order chi connectivity index (χ1) is 11.6. The van der Waals surface area contributed by atoms with Gasteiger partial charge in [-0.25, -0.2) is 15.2 Å². The van der Waals surface area contributed by atoms with Gasteiger partial charge in [0.1, 0.15) is 11.0 Å². The van der Waals surface area contributed by atoms with Gasteiger partial charge in [-0.15, -0.1) is 9.78 Å². The summed E-state index contributed by atoms with van der Waals surface area (Å²) in [6.45, 7) is 0. The first-order valence-electron chi connectivity index (χ1n) is 5.47. The Bertz CT molecular complexity index is 846. The highest BCUT2D eigenvalue weighted by atomic mass is 16.7. The van der Waals surface area contributed by atoms with E-state index >= 15 is 0 Å². The van der Waals surface area contributed by atoms with Crippen molar-refractivity contribution >= 4 is 12.0 Å². The van der Waals surface area contributed by atoms with E-state index in [2.05, 4.69) is 30.1 Å². The van der Waals surface area contributed by atoms with E-state index in [4.69, 9.17) is 5.73 Å². The molecule has 0 saturated heterocycles. The molecule has 0 saturated carbocycles. The summed E-state index contributed by atoms with van der Waals surface area (Å²) in [5.41, 5.74) is 7.62. The number of nitrogens with two attached hydrogens (primary N) is 1. The Morgan fingerprint density at radius 2 is 1.60 bits per heavy atom. The van der Waals surface area contributed by atoms with Crippen molar-refractivity contribution in [1.29, 1.82) is 0 Å². The van der Waals surface area contributed by atoms with Crippen LogP contribution in [0.3, 0.4) is 0 Å². The maximum atomic E-state index is 11.0. The molecule has 132 valence electrons. The molecule has 0 aliphatic rings. The van der Waals surface area contributed by atoms with E-state index in [1.54, 1.807) is 0 Å². The standard InChI is InChI=1S/C5H2N11O9/c6-3-9-8-2(25-3)1-7-4(11-16(23)24)12(10-1)5(13(17)18,14(19)20)15(21)22/h(H2-,6,7,9,10,11)/q-1. The van der Waals surface area contributed by atoms with Gasteiger partial charge < -0.3 is 15.1 Å². The van der Waals surface area contributed by atoms with Crippen molar-refractivity contribution in [3.8, 4) is 11.7 Å². The maximum absolute atomic E-state index is 11.0. The molecule has 0 radical (unpaired) electrons. The Kier molecular flexibility index (Phi) is 3.77. The van der Waals surface area contributed by atoms with Crippen LogP contribution < -0.4 is 5.73 Å². The molecule has 2 rings (SSSR count). The van der Waals surface area contributed by atoms with E-state index in [0.717, 1.165) is 0 Å². The lowest BCUT2D eigenvalue weighted by Crippen LogP contribution is -2.55. The van der Waals surface area contributed by atoms with Gasteiger partial charge in [0.05, 0.1) is 0 Å². The molecule has 0 bridgehead atoms. The summed E-state index contributed by atoms with van der Waals surface area (Å²) in [6.07, 6.45) is 0. The van der Waals surface area contributed by atoms with E-state index in [1.807, 2.05) is 0 Å². The lowest BCUT2D eigenvalue weighted by molar-refractivity contribution is -1.01. The molecule has 2 aromatic rings. The highest BCUT2D eigenvalue weighted by Crippen LogP contribution is 2.29. The molecule has 20 nitrogen and oxygen atoms in total. The topological polar surface area (TPSA) is 282 Å². The lowest BCUT2D eigenvalue weighted by atomic mass is 10.6. The molecule has 0 aromatic carbocycles. The van der Waals surface area contributed by atoms with Crippen LogP contribution in [0.25, 0.3) is 17.1 Å². The Hall–Kier alpha value is -4.52. The zero-order valence-electron chi connectivity index (χ0n) is 11.2. The average Bonchev–Trinajstić information content (AvgIpc) is 3.05. The van der Waals surface area contributed by atoms with Gasteiger partial charge in [-0.05, 0) is 0 Å². The van der Waals surface area contributed by atoms with Gasteiger partial charge in [0.25, 0.3) is 5.89 Å². The van der Waals surface area contributed by atoms with E-state index in [9.17, 15) is 40.5 Å². The summed E-state index contributed by atoms with van der Waals surface area (Å²) in [4.78, 5) is 41.0. The van der Waals surface area contributed by atoms with Crippen LogP contribution in [-0.2, 0) is 5.91 Å². The summed E-state index contributed by atoms with van der Waals surface area (Å²) in [5, 5.41) is 51.7. The average molecular weight is 360 g/mol. The number of anilines is 1. The summed E-state index contributed by atoms with van der Waals surface area (Å²) >= 11 is 0. The number of rotatable bonds is 7. The van der Waals surface area contributed by atoms with Crippen molar-refractivity contribution in [2.24, 2.45) is 0 Å². The van der Waals surface area contributed by atoms with E-state index in [0.29, 0.717) is 0 Å². The van der Waals surface area contributed by atoms with Gasteiger partial charge in [-0.3, -0.25) is 30.3 Å². The minimum atomic E-state index is -4.38. The Morgan fingerprint density at radius 3 is 2.00 bits per heavy atom. The molecule has 2 aromatic heterocycles. The Morgan fingerprint density at radius 1 is 1.04 bits per heavy atom. The van der Waals surface area contributed by atoms with Crippen LogP contribution in [0.15, 0.2) is 4.42 Å². The molecule has 0 spiro atoms. The molecule has 0 fully saturated rings. The van der Waals surface area contributed by atoms with Crippen LogP contribution in [0, 0.1) is 40.5 Å². The molecule has 25 heavy (non-hydrogen) atoms. The van der Waals surface area contributed by atoms with Crippen LogP contribution >= 0.6 is 0 Å². The van der Waals surface area contributed by atoms with Gasteiger partial charge in [0.2, 0.25) is 0 Å². The van der Waals surface area contributed by atoms with Crippen LogP contribution in [-0.4, -0.2) is 44.8 Å². The normalized spacial score (nSPS) is 11.0. The first kappa shape index (κ1) is 16.8. The van der Waals surface area contributed by atoms with Crippen LogP contribution in [0.2, 0.25) is 0 Å². The van der Waals surface area contributed by atoms with Crippen LogP contribution in [0.1, 0.15) is 0 Å². The second-order valence-electron chi connectivity index (χ2n) is 3.80. The summed E-state index contributed by atoms with van der Waals surface area (Å²) < 4.78 is 4.06. The van der Waals surface area contributed by atoms with Crippen molar-refractivity contribution in [1.82, 2.24) is 25.0 Å². The molecule has 20 heteroatoms. The highest BCUT2D eigenvalue weighted by molar-refractivity contribution is 5.45. The number of hydrogen-bond acceptors (Lipinski definition) is 14. The SMILES string of the molecule is Nc1nnc(-c2nc([N-][N+](=O)[O-])n(C([N+](=O)[O-])([N+](=O)[O-])[N+](=O)[O-])n2)o1. The smallest absolute Gasteiger partial charge is 0.402 e. The first-order valence-corrected chi connectivity index (χ1v) is 5.47. The van der Waals surface area contributed by atoms with Gasteiger partial charge in [0, 0.05) is 0 Å². The molecule has 0 aliphatic heterocycles. The minimum absolute atomic E-state index is 0.539. The van der Waals surface area contributed by atoms with Gasteiger partial charge in [-0.2, -0.15) is 0 Å². The lowest BCUT2D eigenvalue weighted by Gasteiger charge is -2.13. The van der Waals surface area contributed by atoms with Crippen molar-refractivity contribution < 1.29 is 24.2 Å². The third-order valence-electron chi connectivity index (χ3n) is 2.41. The zero-order valence-corrected chi connectivity index (χ0v) is 11.2. The fourth-order valence-corrected chi connectivity index (χ4v) is 1.49. The van der Waals surface area contributed by atoms with Gasteiger partial charge in [0.15, 0.2) is 20.6 Å². The van der Waals surface area contributed by atoms with Crippen LogP contribution in [0.5, 0.6) is 0 Å². The fraction of sp³-hybridized carbons (Fsp3) is 0.200. The van der Waals surface area contributed by atoms with Crippen LogP contribution in [0.4, 0.5) is 12.0 Å². The van der Waals surface area contributed by atoms with Crippen molar-refractivity contribution in [3.05, 3.63) is 45.9 Å². The van der Waals surface area contributed by atoms with E-state index in [1.165, 1.54) is 0 Å². The second-order valence-corrected chi connectivity index (χ2v) is 3.80. The molecule has 0 aliphatic carbocycles. The third kappa shape index (κ3) is 2.53. The predicted molar refractivity (Wildman–Crippen MR) is 66.7 cm³/mol. The quantitative estimate of drug-likeness (QED) is 0.334. The molecule has 0 unspecified atom stereocenters. The van der Waals surface area contributed by atoms with Crippen molar-refractivity contribution in [2.45, 2.75) is 5.91 Å². The largest absolute Gasteiger partial charge is 0.783 e. The molecule has 0 amide bonds. The number of aromatic nitrogens is 5. The predicted octanol–water partition coefficient (Wildman–Crippen LogP) is -1.49. The number of nitrogen functional groups attached to an aromatic ring is 1. The second kappa shape index (κ2) is 5.60. The number of nitrogens with zero attached hydrogens (tertiary/aromatic N) is 10. The van der Waals surface area contributed by atoms with Crippen molar-refractivity contribution in [2.75, 3.05) is 5.73 Å². The molecular formula is C5H2N11O9-. The minimum Gasteiger partial charge on any atom is -0.402 e. The zero-order chi connectivity index (χ0) is 18.9. The number of hydrogen-bond donors (Lipinski definition) is 1. The summed E-state index contributed by atoms with van der Waals surface area (Å²) in [5.74, 6) is -7.37. The van der Waals surface area contributed by atoms with E-state index in [-0.39, 0.29) is 0 Å². The van der Waals surface area contributed by atoms with Gasteiger partial charge in [-0.1, -0.05) is 10.5 Å². The van der Waals surface area contributed by atoms with Gasteiger partial charge >= 0.3 is 11.9 Å². The Balaban J connectivity index is 2.78. The molecule has 2 N–H and O–H groups in total. The summed E-state index contributed by atoms with van der Waals surface area (Å²) in [7, 11) is 0. The fourth-order valence-electron chi connectivity index (χ4n) is 1.49. The Labute approximate surface area is 131 Å². The molecule has 2 heterocycles. The molecular weight excluding hydrogens is 358 g/mol. The monoisotopic (exact) mass is 360 g/mol. The number of nitro groups is 4. The van der Waals surface area contributed by atoms with E-state index < -0.39 is 54.1 Å². The summed E-state index contributed by atoms with van der Waals surface area (Å²) in [6, 6.07) is -0.539. The molecule has 0 atom stereocenters. The highest BCUT2D eigenvalue weighted by Gasteiger charge is 2.72.